The number of nitrogens with zero attached hydrogens (tertiary/aromatic N) is 2. The van der Waals surface area contributed by atoms with E-state index in [1.54, 1.807) is 15.9 Å². The molecule has 1 fully saturated rings. The van der Waals surface area contributed by atoms with E-state index in [2.05, 4.69) is 0 Å². The fourth-order valence-corrected chi connectivity index (χ4v) is 2.27. The van der Waals surface area contributed by atoms with Crippen LogP contribution in [0.4, 0.5) is 0 Å². The maximum Gasteiger partial charge on any atom is 0.331 e. The number of benzene rings is 1. The molecule has 1 saturated heterocycles. The molecular formula is C17H20N2O4. The Labute approximate surface area is 135 Å². The zero-order chi connectivity index (χ0) is 16.7. The van der Waals surface area contributed by atoms with Crippen molar-refractivity contribution in [3.05, 3.63) is 42.0 Å². The molecule has 0 unspecified atom stereocenters. The molecule has 6 nitrogen and oxygen atoms in total. The van der Waals surface area contributed by atoms with Crippen LogP contribution in [-0.4, -0.2) is 60.4 Å². The largest absolute Gasteiger partial charge is 0.452 e. The van der Waals surface area contributed by atoms with Crippen molar-refractivity contribution >= 4 is 23.9 Å². The number of ether oxygens (including phenoxy) is 1. The second kappa shape index (κ2) is 8.12. The molecule has 0 atom stereocenters. The summed E-state index contributed by atoms with van der Waals surface area (Å²) in [5.41, 5.74) is 0.885. The average molecular weight is 316 g/mol. The zero-order valence-corrected chi connectivity index (χ0v) is 13.1. The lowest BCUT2D eigenvalue weighted by molar-refractivity contribution is -0.149. The second-order valence-electron chi connectivity index (χ2n) is 5.24. The monoisotopic (exact) mass is 316 g/mol. The molecule has 1 aliphatic rings. The number of carbonyl (C=O) groups is 3. The van der Waals surface area contributed by atoms with Crippen LogP contribution in [0, 0.1) is 0 Å². The summed E-state index contributed by atoms with van der Waals surface area (Å²) in [6.07, 6.45) is 2.94. The summed E-state index contributed by atoms with van der Waals surface area (Å²) in [7, 11) is 0. The van der Waals surface area contributed by atoms with E-state index >= 15 is 0 Å². The van der Waals surface area contributed by atoms with Crippen molar-refractivity contribution in [1.82, 2.24) is 9.80 Å². The van der Waals surface area contributed by atoms with Crippen LogP contribution in [0.15, 0.2) is 36.4 Å². The van der Waals surface area contributed by atoms with Crippen LogP contribution in [0.3, 0.4) is 0 Å². The molecule has 0 N–H and O–H groups in total. The predicted molar refractivity (Wildman–Crippen MR) is 85.3 cm³/mol. The molecule has 0 aliphatic carbocycles. The molecule has 0 spiro atoms. The van der Waals surface area contributed by atoms with E-state index in [-0.39, 0.29) is 18.4 Å². The standard InChI is InChI=1S/C17H20N2O4/c1-14(20)18-9-11-19(12-10-18)16(21)13-23-17(22)8-7-15-5-3-2-4-6-15/h2-8H,9-13H2,1H3/b8-7+. The highest BCUT2D eigenvalue weighted by molar-refractivity contribution is 5.89. The third-order valence-electron chi connectivity index (χ3n) is 3.63. The summed E-state index contributed by atoms with van der Waals surface area (Å²) >= 11 is 0. The molecular weight excluding hydrogens is 296 g/mol. The predicted octanol–water partition coefficient (Wildman–Crippen LogP) is 0.934. The number of esters is 1. The van der Waals surface area contributed by atoms with E-state index in [4.69, 9.17) is 4.74 Å². The van der Waals surface area contributed by atoms with Crippen molar-refractivity contribution in [3.63, 3.8) is 0 Å². The van der Waals surface area contributed by atoms with Gasteiger partial charge in [-0.25, -0.2) is 4.79 Å². The Balaban J connectivity index is 1.73. The fourth-order valence-electron chi connectivity index (χ4n) is 2.27. The second-order valence-corrected chi connectivity index (χ2v) is 5.24. The topological polar surface area (TPSA) is 66.9 Å². The Morgan fingerprint density at radius 2 is 1.65 bits per heavy atom. The van der Waals surface area contributed by atoms with Crippen LogP contribution >= 0.6 is 0 Å². The first-order chi connectivity index (χ1) is 11.1. The summed E-state index contributed by atoms with van der Waals surface area (Å²) in [4.78, 5) is 38.1. The van der Waals surface area contributed by atoms with Crippen molar-refractivity contribution in [3.8, 4) is 0 Å². The Morgan fingerprint density at radius 1 is 1.04 bits per heavy atom. The molecule has 122 valence electrons. The van der Waals surface area contributed by atoms with Gasteiger partial charge in [0.15, 0.2) is 6.61 Å². The molecule has 0 radical (unpaired) electrons. The Kier molecular flexibility index (Phi) is 5.91. The summed E-state index contributed by atoms with van der Waals surface area (Å²) < 4.78 is 4.96. The van der Waals surface area contributed by atoms with Crippen LogP contribution in [0.5, 0.6) is 0 Å². The molecule has 23 heavy (non-hydrogen) atoms. The molecule has 2 rings (SSSR count). The van der Waals surface area contributed by atoms with Crippen molar-refractivity contribution in [1.29, 1.82) is 0 Å². The number of hydrogen-bond donors (Lipinski definition) is 0. The van der Waals surface area contributed by atoms with Crippen molar-refractivity contribution in [2.75, 3.05) is 32.8 Å². The Hall–Kier alpha value is -2.63. The Morgan fingerprint density at radius 3 is 2.26 bits per heavy atom. The van der Waals surface area contributed by atoms with E-state index in [0.29, 0.717) is 26.2 Å². The zero-order valence-electron chi connectivity index (χ0n) is 13.1. The van der Waals surface area contributed by atoms with E-state index in [1.165, 1.54) is 13.0 Å². The number of rotatable bonds is 4. The van der Waals surface area contributed by atoms with Gasteiger partial charge in [0.25, 0.3) is 5.91 Å². The minimum Gasteiger partial charge on any atom is -0.452 e. The van der Waals surface area contributed by atoms with E-state index < -0.39 is 5.97 Å². The third-order valence-corrected chi connectivity index (χ3v) is 3.63. The van der Waals surface area contributed by atoms with Gasteiger partial charge in [0.1, 0.15) is 0 Å². The SMILES string of the molecule is CC(=O)N1CCN(C(=O)COC(=O)/C=C/c2ccccc2)CC1. The Bertz CT molecular complexity index is 590. The quantitative estimate of drug-likeness (QED) is 0.612. The highest BCUT2D eigenvalue weighted by atomic mass is 16.5. The number of amides is 2. The summed E-state index contributed by atoms with van der Waals surface area (Å²) in [5, 5.41) is 0. The molecule has 2 amide bonds. The van der Waals surface area contributed by atoms with Gasteiger partial charge in [-0.2, -0.15) is 0 Å². The van der Waals surface area contributed by atoms with Crippen LogP contribution in [0.1, 0.15) is 12.5 Å². The summed E-state index contributed by atoms with van der Waals surface area (Å²) in [6.45, 7) is 3.20. The van der Waals surface area contributed by atoms with E-state index in [9.17, 15) is 14.4 Å². The van der Waals surface area contributed by atoms with Crippen LogP contribution in [0.2, 0.25) is 0 Å². The highest BCUT2D eigenvalue weighted by Gasteiger charge is 2.22. The fraction of sp³-hybridized carbons (Fsp3) is 0.353. The van der Waals surface area contributed by atoms with E-state index in [0.717, 1.165) is 5.56 Å². The average Bonchev–Trinajstić information content (AvgIpc) is 2.58. The van der Waals surface area contributed by atoms with Gasteiger partial charge in [0.2, 0.25) is 5.91 Å². The molecule has 0 aromatic heterocycles. The molecule has 1 aromatic rings. The minimum atomic E-state index is -0.551. The molecule has 6 heteroatoms. The maximum atomic E-state index is 12.0. The lowest BCUT2D eigenvalue weighted by Crippen LogP contribution is -2.51. The van der Waals surface area contributed by atoms with Crippen molar-refractivity contribution in [2.45, 2.75) is 6.92 Å². The van der Waals surface area contributed by atoms with Gasteiger partial charge in [-0.3, -0.25) is 9.59 Å². The maximum absolute atomic E-state index is 12.0. The molecule has 0 bridgehead atoms. The summed E-state index contributed by atoms with van der Waals surface area (Å²) in [5.74, 6) is -0.784. The summed E-state index contributed by atoms with van der Waals surface area (Å²) in [6, 6.07) is 9.36. The van der Waals surface area contributed by atoms with Gasteiger partial charge < -0.3 is 14.5 Å². The van der Waals surface area contributed by atoms with Crippen molar-refractivity contribution in [2.24, 2.45) is 0 Å². The molecule has 1 aromatic carbocycles. The minimum absolute atomic E-state index is 0.00887. The van der Waals surface area contributed by atoms with Crippen LogP contribution in [-0.2, 0) is 19.1 Å². The smallest absolute Gasteiger partial charge is 0.331 e. The van der Waals surface area contributed by atoms with E-state index in [1.807, 2.05) is 30.3 Å². The van der Waals surface area contributed by atoms with Crippen LogP contribution < -0.4 is 0 Å². The number of hydrogen-bond acceptors (Lipinski definition) is 4. The third kappa shape index (κ3) is 5.25. The first-order valence-corrected chi connectivity index (χ1v) is 7.49. The van der Waals surface area contributed by atoms with Gasteiger partial charge in [0.05, 0.1) is 0 Å². The lowest BCUT2D eigenvalue weighted by Gasteiger charge is -2.34. The first kappa shape index (κ1) is 16.7. The van der Waals surface area contributed by atoms with Gasteiger partial charge in [-0.1, -0.05) is 30.3 Å². The van der Waals surface area contributed by atoms with Crippen molar-refractivity contribution < 1.29 is 19.1 Å². The number of carbonyl (C=O) groups excluding carboxylic acids is 3. The molecule has 1 aliphatic heterocycles. The molecule has 0 saturated carbocycles. The highest BCUT2D eigenvalue weighted by Crippen LogP contribution is 2.04. The molecule has 1 heterocycles. The van der Waals surface area contributed by atoms with Gasteiger partial charge in [-0.05, 0) is 11.6 Å². The van der Waals surface area contributed by atoms with Crippen LogP contribution in [0.25, 0.3) is 6.08 Å². The lowest BCUT2D eigenvalue weighted by atomic mass is 10.2. The van der Waals surface area contributed by atoms with Gasteiger partial charge in [0, 0.05) is 39.2 Å². The number of piperazine rings is 1. The first-order valence-electron chi connectivity index (χ1n) is 7.49. The normalized spacial score (nSPS) is 14.8. The van der Waals surface area contributed by atoms with Gasteiger partial charge in [-0.15, -0.1) is 0 Å². The van der Waals surface area contributed by atoms with Gasteiger partial charge >= 0.3 is 5.97 Å².